The van der Waals surface area contributed by atoms with Gasteiger partial charge in [0.1, 0.15) is 0 Å². The summed E-state index contributed by atoms with van der Waals surface area (Å²) >= 11 is 0. The summed E-state index contributed by atoms with van der Waals surface area (Å²) in [5.74, 6) is -0.508. The van der Waals surface area contributed by atoms with Crippen LogP contribution in [0.15, 0.2) is 60.7 Å². The number of morpholine rings is 1. The minimum Gasteiger partial charge on any atom is -0.378 e. The van der Waals surface area contributed by atoms with E-state index < -0.39 is 0 Å². The molecule has 0 spiro atoms. The van der Waals surface area contributed by atoms with Crippen molar-refractivity contribution in [2.24, 2.45) is 0 Å². The number of nitrogens with zero attached hydrogens (tertiary/aromatic N) is 4. The molecule has 1 aromatic heterocycles. The molecule has 0 radical (unpaired) electrons. The minimum atomic E-state index is -0.255. The fraction of sp³-hybridized carbons (Fsp3) is 0.296. The number of amides is 2. The number of hydrogen-bond donors (Lipinski definition) is 1. The molecule has 8 nitrogen and oxygen atoms in total. The molecular weight excluding hydrogens is 442 g/mol. The highest BCUT2D eigenvalue weighted by atomic mass is 16.5. The van der Waals surface area contributed by atoms with Crippen molar-refractivity contribution in [3.63, 3.8) is 0 Å². The van der Waals surface area contributed by atoms with E-state index in [1.807, 2.05) is 73.1 Å². The lowest BCUT2D eigenvalue weighted by atomic mass is 10.2. The van der Waals surface area contributed by atoms with Gasteiger partial charge in [-0.1, -0.05) is 18.2 Å². The predicted octanol–water partition coefficient (Wildman–Crippen LogP) is 3.44. The second kappa shape index (κ2) is 11.0. The minimum absolute atomic E-state index is 0.0460. The number of carbonyl (C=O) groups is 2. The third kappa shape index (κ3) is 5.96. The standard InChI is InChI=1S/C27H31N5O3/c1-20-25(21(2)32(29-20)24-7-5-4-6-8-24)13-14-27(34)30(3)19-26(33)28-22-9-11-23(12-10-22)31-15-17-35-18-16-31/h4-14H,15-19H2,1-3H3,(H,28,33)/b14-13+. The van der Waals surface area contributed by atoms with E-state index in [9.17, 15) is 9.59 Å². The third-order valence-electron chi connectivity index (χ3n) is 6.02. The molecule has 2 heterocycles. The topological polar surface area (TPSA) is 79.7 Å². The Morgan fingerprint density at radius 3 is 2.40 bits per heavy atom. The van der Waals surface area contributed by atoms with Gasteiger partial charge in [-0.15, -0.1) is 0 Å². The second-order valence-corrected chi connectivity index (χ2v) is 8.55. The van der Waals surface area contributed by atoms with Gasteiger partial charge in [-0.2, -0.15) is 5.10 Å². The molecule has 1 aliphatic heterocycles. The fourth-order valence-electron chi connectivity index (χ4n) is 4.07. The van der Waals surface area contributed by atoms with Crippen LogP contribution >= 0.6 is 0 Å². The number of aryl methyl sites for hydroxylation is 1. The van der Waals surface area contributed by atoms with Crippen LogP contribution in [0, 0.1) is 13.8 Å². The normalized spacial score (nSPS) is 13.7. The fourth-order valence-corrected chi connectivity index (χ4v) is 4.07. The highest BCUT2D eigenvalue weighted by molar-refractivity contribution is 5.98. The molecule has 1 fully saturated rings. The molecule has 0 atom stereocenters. The molecule has 1 N–H and O–H groups in total. The van der Waals surface area contributed by atoms with Crippen molar-refractivity contribution in [2.45, 2.75) is 13.8 Å². The van der Waals surface area contributed by atoms with Crippen molar-refractivity contribution in [3.05, 3.63) is 77.6 Å². The van der Waals surface area contributed by atoms with Crippen molar-refractivity contribution in [3.8, 4) is 5.69 Å². The average Bonchev–Trinajstić information content (AvgIpc) is 3.16. The maximum atomic E-state index is 12.6. The van der Waals surface area contributed by atoms with Crippen molar-refractivity contribution in [2.75, 3.05) is 50.1 Å². The molecule has 3 aromatic rings. The molecule has 2 amide bonds. The first kappa shape index (κ1) is 24.2. The van der Waals surface area contributed by atoms with Gasteiger partial charge < -0.3 is 19.9 Å². The number of para-hydroxylation sites is 1. The predicted molar refractivity (Wildman–Crippen MR) is 138 cm³/mol. The first-order chi connectivity index (χ1) is 16.9. The van der Waals surface area contributed by atoms with Crippen molar-refractivity contribution in [1.82, 2.24) is 14.7 Å². The van der Waals surface area contributed by atoms with Crippen LogP contribution in [0.2, 0.25) is 0 Å². The molecule has 4 rings (SSSR count). The zero-order valence-electron chi connectivity index (χ0n) is 20.4. The summed E-state index contributed by atoms with van der Waals surface area (Å²) < 4.78 is 7.25. The number of carbonyl (C=O) groups excluding carboxylic acids is 2. The third-order valence-corrected chi connectivity index (χ3v) is 6.02. The van der Waals surface area contributed by atoms with Crippen LogP contribution in [0.25, 0.3) is 11.8 Å². The zero-order valence-corrected chi connectivity index (χ0v) is 20.4. The Morgan fingerprint density at radius 2 is 1.71 bits per heavy atom. The lowest BCUT2D eigenvalue weighted by Crippen LogP contribution is -2.36. The summed E-state index contributed by atoms with van der Waals surface area (Å²) in [6.07, 6.45) is 3.24. The zero-order chi connectivity index (χ0) is 24.8. The van der Waals surface area contributed by atoms with Crippen LogP contribution in [-0.4, -0.2) is 66.4 Å². The molecule has 0 aliphatic carbocycles. The van der Waals surface area contributed by atoms with Crippen LogP contribution in [-0.2, 0) is 14.3 Å². The van der Waals surface area contributed by atoms with E-state index in [0.29, 0.717) is 5.69 Å². The maximum Gasteiger partial charge on any atom is 0.246 e. The van der Waals surface area contributed by atoms with E-state index in [-0.39, 0.29) is 18.4 Å². The number of rotatable bonds is 7. The van der Waals surface area contributed by atoms with E-state index >= 15 is 0 Å². The van der Waals surface area contributed by atoms with Crippen LogP contribution < -0.4 is 10.2 Å². The van der Waals surface area contributed by atoms with E-state index in [0.717, 1.165) is 54.6 Å². The summed E-state index contributed by atoms with van der Waals surface area (Å²) in [6, 6.07) is 17.6. The molecule has 1 aliphatic rings. The molecular formula is C27H31N5O3. The summed E-state index contributed by atoms with van der Waals surface area (Å²) in [5, 5.41) is 7.46. The van der Waals surface area contributed by atoms with E-state index in [2.05, 4.69) is 15.3 Å². The van der Waals surface area contributed by atoms with Crippen LogP contribution in [0.3, 0.4) is 0 Å². The number of likely N-dealkylation sites (N-methyl/N-ethyl adjacent to an activating group) is 1. The lowest BCUT2D eigenvalue weighted by Gasteiger charge is -2.28. The number of ether oxygens (including phenoxy) is 1. The van der Waals surface area contributed by atoms with Gasteiger partial charge in [-0.25, -0.2) is 4.68 Å². The second-order valence-electron chi connectivity index (χ2n) is 8.55. The molecule has 1 saturated heterocycles. The van der Waals surface area contributed by atoms with Crippen LogP contribution in [0.1, 0.15) is 17.0 Å². The highest BCUT2D eigenvalue weighted by Crippen LogP contribution is 2.20. The highest BCUT2D eigenvalue weighted by Gasteiger charge is 2.15. The smallest absolute Gasteiger partial charge is 0.246 e. The molecule has 182 valence electrons. The lowest BCUT2D eigenvalue weighted by molar-refractivity contribution is -0.129. The van der Waals surface area contributed by atoms with Gasteiger partial charge in [0.05, 0.1) is 31.1 Å². The van der Waals surface area contributed by atoms with Gasteiger partial charge in [-0.05, 0) is 56.3 Å². The molecule has 0 saturated carbocycles. The number of nitrogens with one attached hydrogen (secondary N) is 1. The first-order valence-electron chi connectivity index (χ1n) is 11.7. The maximum absolute atomic E-state index is 12.6. The Hall–Kier alpha value is -3.91. The van der Waals surface area contributed by atoms with Gasteiger partial charge >= 0.3 is 0 Å². The Kier molecular flexibility index (Phi) is 7.62. The Morgan fingerprint density at radius 1 is 1.03 bits per heavy atom. The quantitative estimate of drug-likeness (QED) is 0.532. The molecule has 0 unspecified atom stereocenters. The molecule has 2 aromatic carbocycles. The summed E-state index contributed by atoms with van der Waals surface area (Å²) in [6.45, 7) is 7.01. The van der Waals surface area contributed by atoms with E-state index in [1.54, 1.807) is 13.1 Å². The van der Waals surface area contributed by atoms with Crippen molar-refractivity contribution >= 4 is 29.3 Å². The number of hydrogen-bond acceptors (Lipinski definition) is 5. The monoisotopic (exact) mass is 473 g/mol. The van der Waals surface area contributed by atoms with Crippen molar-refractivity contribution < 1.29 is 14.3 Å². The summed E-state index contributed by atoms with van der Waals surface area (Å²) in [4.78, 5) is 28.8. The van der Waals surface area contributed by atoms with Gasteiger partial charge in [0.2, 0.25) is 11.8 Å². The van der Waals surface area contributed by atoms with Gasteiger partial charge in [0.15, 0.2) is 0 Å². The molecule has 35 heavy (non-hydrogen) atoms. The van der Waals surface area contributed by atoms with Crippen LogP contribution in [0.5, 0.6) is 0 Å². The first-order valence-corrected chi connectivity index (χ1v) is 11.7. The number of aromatic nitrogens is 2. The summed E-state index contributed by atoms with van der Waals surface area (Å²) in [7, 11) is 1.61. The van der Waals surface area contributed by atoms with Crippen molar-refractivity contribution in [1.29, 1.82) is 0 Å². The average molecular weight is 474 g/mol. The number of anilines is 2. The van der Waals surface area contributed by atoms with Gasteiger partial charge in [-0.3, -0.25) is 9.59 Å². The number of benzene rings is 2. The Bertz CT molecular complexity index is 1200. The molecule has 0 bridgehead atoms. The Balaban J connectivity index is 1.33. The molecule has 8 heteroatoms. The SMILES string of the molecule is Cc1nn(-c2ccccc2)c(C)c1/C=C/C(=O)N(C)CC(=O)Nc1ccc(N2CCOCC2)cc1. The largest absolute Gasteiger partial charge is 0.378 e. The van der Waals surface area contributed by atoms with Gasteiger partial charge in [0, 0.05) is 48.8 Å². The van der Waals surface area contributed by atoms with Gasteiger partial charge in [0.25, 0.3) is 0 Å². The van der Waals surface area contributed by atoms with E-state index in [1.165, 1.54) is 11.0 Å². The summed E-state index contributed by atoms with van der Waals surface area (Å²) in [5.41, 5.74) is 5.43. The van der Waals surface area contributed by atoms with E-state index in [4.69, 9.17) is 4.74 Å². The Labute approximate surface area is 205 Å². The van der Waals surface area contributed by atoms with Crippen LogP contribution in [0.4, 0.5) is 11.4 Å².